The maximum absolute atomic E-state index is 12.5. The second-order valence-corrected chi connectivity index (χ2v) is 7.59. The Balaban J connectivity index is 2.70. The number of thioether (sulfide) groups is 1. The number of likely N-dealkylation sites (tertiary alicyclic amines) is 1. The molecule has 0 saturated carbocycles. The SMILES string of the molecule is CSCC[C@H](NC(=O)[C@@H]1CCCN1C(=O)[C@@H](N)CC(C)C)C(=O)O. The molecule has 1 saturated heterocycles. The monoisotopic (exact) mass is 359 g/mol. The third kappa shape index (κ3) is 5.98. The summed E-state index contributed by atoms with van der Waals surface area (Å²) in [5.74, 6) is -0.737. The number of aliphatic carboxylic acids is 1. The van der Waals surface area contributed by atoms with Crippen LogP contribution in [0.1, 0.15) is 39.5 Å². The highest BCUT2D eigenvalue weighted by atomic mass is 32.2. The third-order valence-corrected chi connectivity index (χ3v) is 4.75. The van der Waals surface area contributed by atoms with Crippen molar-refractivity contribution in [1.29, 1.82) is 0 Å². The van der Waals surface area contributed by atoms with Crippen LogP contribution in [0, 0.1) is 5.92 Å². The molecule has 138 valence electrons. The first kappa shape index (κ1) is 20.8. The predicted molar refractivity (Wildman–Crippen MR) is 94.7 cm³/mol. The minimum absolute atomic E-state index is 0.225. The van der Waals surface area contributed by atoms with Crippen LogP contribution >= 0.6 is 11.8 Å². The lowest BCUT2D eigenvalue weighted by molar-refractivity contribution is -0.144. The van der Waals surface area contributed by atoms with Gasteiger partial charge in [0.1, 0.15) is 12.1 Å². The summed E-state index contributed by atoms with van der Waals surface area (Å²) < 4.78 is 0. The van der Waals surface area contributed by atoms with Gasteiger partial charge >= 0.3 is 5.97 Å². The van der Waals surface area contributed by atoms with Crippen LogP contribution in [0.4, 0.5) is 0 Å². The zero-order valence-electron chi connectivity index (χ0n) is 14.7. The number of carbonyl (C=O) groups is 3. The van der Waals surface area contributed by atoms with Crippen LogP contribution in [-0.2, 0) is 14.4 Å². The number of carboxylic acid groups (broad SMARTS) is 1. The number of amides is 2. The van der Waals surface area contributed by atoms with Gasteiger partial charge < -0.3 is 21.1 Å². The molecular formula is C16H29N3O4S. The Labute approximate surface area is 147 Å². The van der Waals surface area contributed by atoms with Gasteiger partial charge in [-0.05, 0) is 43.6 Å². The highest BCUT2D eigenvalue weighted by Crippen LogP contribution is 2.20. The van der Waals surface area contributed by atoms with E-state index in [2.05, 4.69) is 5.32 Å². The van der Waals surface area contributed by atoms with Crippen molar-refractivity contribution in [3.05, 3.63) is 0 Å². The van der Waals surface area contributed by atoms with Gasteiger partial charge in [0, 0.05) is 6.54 Å². The van der Waals surface area contributed by atoms with Crippen LogP contribution in [-0.4, -0.2) is 64.5 Å². The Morgan fingerprint density at radius 2 is 2.04 bits per heavy atom. The summed E-state index contributed by atoms with van der Waals surface area (Å²) in [6.45, 7) is 4.47. The minimum Gasteiger partial charge on any atom is -0.480 e. The van der Waals surface area contributed by atoms with Crippen molar-refractivity contribution < 1.29 is 19.5 Å². The lowest BCUT2D eigenvalue weighted by atomic mass is 10.0. The molecule has 1 heterocycles. The lowest BCUT2D eigenvalue weighted by Gasteiger charge is -2.28. The second-order valence-electron chi connectivity index (χ2n) is 6.61. The molecule has 4 N–H and O–H groups in total. The van der Waals surface area contributed by atoms with E-state index in [1.807, 2.05) is 20.1 Å². The summed E-state index contributed by atoms with van der Waals surface area (Å²) in [5.41, 5.74) is 5.96. The van der Waals surface area contributed by atoms with Crippen molar-refractivity contribution in [3.8, 4) is 0 Å². The first-order valence-electron chi connectivity index (χ1n) is 8.36. The van der Waals surface area contributed by atoms with Crippen LogP contribution in [0.15, 0.2) is 0 Å². The van der Waals surface area contributed by atoms with Crippen molar-refractivity contribution in [2.75, 3.05) is 18.6 Å². The van der Waals surface area contributed by atoms with E-state index in [4.69, 9.17) is 5.73 Å². The van der Waals surface area contributed by atoms with Crippen LogP contribution < -0.4 is 11.1 Å². The first-order chi connectivity index (χ1) is 11.3. The lowest BCUT2D eigenvalue weighted by Crippen LogP contribution is -2.54. The van der Waals surface area contributed by atoms with Gasteiger partial charge in [0.2, 0.25) is 11.8 Å². The van der Waals surface area contributed by atoms with E-state index in [1.165, 1.54) is 16.7 Å². The molecule has 2 amide bonds. The van der Waals surface area contributed by atoms with Crippen LogP contribution in [0.5, 0.6) is 0 Å². The highest BCUT2D eigenvalue weighted by molar-refractivity contribution is 7.98. The zero-order valence-corrected chi connectivity index (χ0v) is 15.5. The number of rotatable bonds is 9. The summed E-state index contributed by atoms with van der Waals surface area (Å²) in [7, 11) is 0. The Morgan fingerprint density at radius 1 is 1.38 bits per heavy atom. The van der Waals surface area contributed by atoms with E-state index in [9.17, 15) is 19.5 Å². The average Bonchev–Trinajstić information content (AvgIpc) is 2.98. The van der Waals surface area contributed by atoms with E-state index in [-0.39, 0.29) is 5.91 Å². The Bertz CT molecular complexity index is 459. The van der Waals surface area contributed by atoms with Gasteiger partial charge in [0.15, 0.2) is 0 Å². The number of hydrogen-bond acceptors (Lipinski definition) is 5. The quantitative estimate of drug-likeness (QED) is 0.558. The van der Waals surface area contributed by atoms with Crippen molar-refractivity contribution >= 4 is 29.5 Å². The molecule has 0 spiro atoms. The van der Waals surface area contributed by atoms with E-state index in [0.717, 1.165) is 6.42 Å². The normalized spacial score (nSPS) is 20.0. The molecule has 3 atom stereocenters. The number of carbonyl (C=O) groups excluding carboxylic acids is 2. The Morgan fingerprint density at radius 3 is 2.58 bits per heavy atom. The minimum atomic E-state index is -1.05. The summed E-state index contributed by atoms with van der Waals surface area (Å²) in [6.07, 6.45) is 4.07. The van der Waals surface area contributed by atoms with Crippen molar-refractivity contribution in [2.45, 2.75) is 57.7 Å². The number of nitrogens with two attached hydrogens (primary N) is 1. The predicted octanol–water partition coefficient (Wildman–Crippen LogP) is 0.673. The van der Waals surface area contributed by atoms with Gasteiger partial charge in [-0.1, -0.05) is 13.8 Å². The Kier molecular flexibility index (Phi) is 8.55. The fraction of sp³-hybridized carbons (Fsp3) is 0.812. The highest BCUT2D eigenvalue weighted by Gasteiger charge is 2.37. The van der Waals surface area contributed by atoms with Crippen LogP contribution in [0.25, 0.3) is 0 Å². The molecule has 0 bridgehead atoms. The molecule has 1 fully saturated rings. The summed E-state index contributed by atoms with van der Waals surface area (Å²) in [4.78, 5) is 37.7. The molecule has 0 aromatic carbocycles. The molecule has 1 aliphatic rings. The topological polar surface area (TPSA) is 113 Å². The standard InChI is InChI=1S/C16H29N3O4S/c1-10(2)9-11(17)15(21)19-7-4-5-13(19)14(20)18-12(16(22)23)6-8-24-3/h10-13H,4-9,17H2,1-3H3,(H,18,20)(H,22,23)/t11-,12-,13-/m0/s1. The molecule has 8 heteroatoms. The third-order valence-electron chi connectivity index (χ3n) is 4.11. The van der Waals surface area contributed by atoms with Crippen LogP contribution in [0.2, 0.25) is 0 Å². The molecule has 1 rings (SSSR count). The van der Waals surface area contributed by atoms with E-state index >= 15 is 0 Å². The zero-order chi connectivity index (χ0) is 18.3. The number of carboxylic acids is 1. The molecule has 24 heavy (non-hydrogen) atoms. The first-order valence-corrected chi connectivity index (χ1v) is 9.75. The molecule has 1 aliphatic heterocycles. The van der Waals surface area contributed by atoms with Gasteiger partial charge in [-0.2, -0.15) is 11.8 Å². The van der Waals surface area contributed by atoms with E-state index < -0.39 is 30.0 Å². The smallest absolute Gasteiger partial charge is 0.326 e. The van der Waals surface area contributed by atoms with E-state index in [0.29, 0.717) is 37.5 Å². The van der Waals surface area contributed by atoms with Crippen molar-refractivity contribution in [3.63, 3.8) is 0 Å². The van der Waals surface area contributed by atoms with Crippen LogP contribution in [0.3, 0.4) is 0 Å². The fourth-order valence-corrected chi connectivity index (χ4v) is 3.36. The molecule has 0 unspecified atom stereocenters. The van der Waals surface area contributed by atoms with Gasteiger partial charge in [-0.3, -0.25) is 9.59 Å². The molecule has 0 aromatic heterocycles. The van der Waals surface area contributed by atoms with Crippen molar-refractivity contribution in [1.82, 2.24) is 10.2 Å². The molecular weight excluding hydrogens is 330 g/mol. The van der Waals surface area contributed by atoms with Gasteiger partial charge in [-0.25, -0.2) is 4.79 Å². The van der Waals surface area contributed by atoms with Crippen molar-refractivity contribution in [2.24, 2.45) is 11.7 Å². The Hall–Kier alpha value is -1.28. The van der Waals surface area contributed by atoms with Gasteiger partial charge in [-0.15, -0.1) is 0 Å². The maximum Gasteiger partial charge on any atom is 0.326 e. The molecule has 0 aromatic rings. The number of nitrogens with zero attached hydrogens (tertiary/aromatic N) is 1. The maximum atomic E-state index is 12.5. The molecule has 0 aliphatic carbocycles. The molecule has 7 nitrogen and oxygen atoms in total. The molecule has 0 radical (unpaired) electrons. The summed E-state index contributed by atoms with van der Waals surface area (Å²) >= 11 is 1.53. The summed E-state index contributed by atoms with van der Waals surface area (Å²) in [5, 5.41) is 11.8. The number of nitrogens with one attached hydrogen (secondary N) is 1. The van der Waals surface area contributed by atoms with E-state index in [1.54, 1.807) is 0 Å². The summed E-state index contributed by atoms with van der Waals surface area (Å²) in [6, 6.07) is -2.16. The van der Waals surface area contributed by atoms with Gasteiger partial charge in [0.05, 0.1) is 6.04 Å². The number of hydrogen-bond donors (Lipinski definition) is 3. The fourth-order valence-electron chi connectivity index (χ4n) is 2.89. The largest absolute Gasteiger partial charge is 0.480 e. The van der Waals surface area contributed by atoms with Gasteiger partial charge in [0.25, 0.3) is 0 Å². The average molecular weight is 359 g/mol. The second kappa shape index (κ2) is 9.88.